The first kappa shape index (κ1) is 21.4. The van der Waals surface area contributed by atoms with Crippen molar-refractivity contribution in [3.05, 3.63) is 71.3 Å². The van der Waals surface area contributed by atoms with Crippen LogP contribution in [0.15, 0.2) is 48.5 Å². The molecule has 156 valence electrons. The summed E-state index contributed by atoms with van der Waals surface area (Å²) in [6.07, 6.45) is 2.66. The smallest absolute Gasteiger partial charge is 0.336 e. The number of aromatic nitrogens is 3. The molecule has 0 fully saturated rings. The lowest BCUT2D eigenvalue weighted by Crippen LogP contribution is -2.11. The molecule has 0 aliphatic carbocycles. The lowest BCUT2D eigenvalue weighted by Gasteiger charge is -2.12. The fourth-order valence-corrected chi connectivity index (χ4v) is 3.37. The number of carboxylic acid groups (broad SMARTS) is 1. The van der Waals surface area contributed by atoms with Gasteiger partial charge in [0.25, 0.3) is 0 Å². The summed E-state index contributed by atoms with van der Waals surface area (Å²) in [7, 11) is 0. The summed E-state index contributed by atoms with van der Waals surface area (Å²) >= 11 is 0. The molecule has 6 heteroatoms. The summed E-state index contributed by atoms with van der Waals surface area (Å²) in [5, 5.41) is 13.9. The summed E-state index contributed by atoms with van der Waals surface area (Å²) < 4.78 is 1.86. The first-order valence-electron chi connectivity index (χ1n) is 10.3. The molecule has 6 nitrogen and oxygen atoms in total. The number of nitrogens with zero attached hydrogens (tertiary/aromatic N) is 3. The molecule has 0 amide bonds. The Hall–Kier alpha value is -3.28. The van der Waals surface area contributed by atoms with E-state index in [-0.39, 0.29) is 17.4 Å². The van der Waals surface area contributed by atoms with Crippen LogP contribution < -0.4 is 0 Å². The predicted molar refractivity (Wildman–Crippen MR) is 116 cm³/mol. The third-order valence-electron chi connectivity index (χ3n) is 5.22. The first-order chi connectivity index (χ1) is 14.4. The number of carboxylic acids is 1. The van der Waals surface area contributed by atoms with Crippen molar-refractivity contribution in [3.8, 4) is 11.1 Å². The molecule has 0 saturated heterocycles. The fraction of sp³-hybridized carbons (Fsp3) is 0.333. The Balaban J connectivity index is 1.88. The first-order valence-corrected chi connectivity index (χ1v) is 10.3. The Morgan fingerprint density at radius 1 is 1.07 bits per heavy atom. The van der Waals surface area contributed by atoms with Gasteiger partial charge in [0.05, 0.1) is 11.6 Å². The predicted octanol–water partition coefficient (Wildman–Crippen LogP) is 5.19. The number of hydrogen-bond acceptors (Lipinski definition) is 4. The second-order valence-electron chi connectivity index (χ2n) is 7.45. The monoisotopic (exact) mass is 405 g/mol. The molecule has 0 aliphatic heterocycles. The number of Topliss-reactive ketones (excluding diaryl/α,β-unsaturated/α-hetero) is 1. The lowest BCUT2D eigenvalue weighted by atomic mass is 9.98. The average Bonchev–Trinajstić information content (AvgIpc) is 3.18. The van der Waals surface area contributed by atoms with Gasteiger partial charge in [-0.2, -0.15) is 0 Å². The van der Waals surface area contributed by atoms with E-state index in [1.54, 1.807) is 12.1 Å². The van der Waals surface area contributed by atoms with Gasteiger partial charge in [-0.05, 0) is 42.5 Å². The lowest BCUT2D eigenvalue weighted by molar-refractivity contribution is 0.0697. The molecular formula is C24H27N3O3. The SMILES string of the molecule is CCCC(=O)c1nc(Cc2ccc(-c3ccccc3C(=O)O)cc2)n(C(C)CC)n1. The van der Waals surface area contributed by atoms with E-state index < -0.39 is 5.97 Å². The largest absolute Gasteiger partial charge is 0.478 e. The second kappa shape index (κ2) is 9.48. The molecule has 0 radical (unpaired) electrons. The van der Waals surface area contributed by atoms with Crippen LogP contribution in [-0.2, 0) is 6.42 Å². The number of aromatic carboxylic acids is 1. The van der Waals surface area contributed by atoms with Crippen molar-refractivity contribution in [1.82, 2.24) is 14.8 Å². The number of benzene rings is 2. The van der Waals surface area contributed by atoms with Crippen molar-refractivity contribution in [1.29, 1.82) is 0 Å². The number of hydrogen-bond donors (Lipinski definition) is 1. The van der Waals surface area contributed by atoms with Crippen LogP contribution in [0.4, 0.5) is 0 Å². The van der Waals surface area contributed by atoms with Crippen molar-refractivity contribution >= 4 is 11.8 Å². The molecule has 1 unspecified atom stereocenters. The van der Waals surface area contributed by atoms with Crippen molar-refractivity contribution in [3.63, 3.8) is 0 Å². The molecule has 1 atom stereocenters. The Bertz CT molecular complexity index is 1040. The van der Waals surface area contributed by atoms with Gasteiger partial charge in [-0.1, -0.05) is 56.3 Å². The topological polar surface area (TPSA) is 85.1 Å². The van der Waals surface area contributed by atoms with Crippen LogP contribution in [0.3, 0.4) is 0 Å². The minimum absolute atomic E-state index is 0.0265. The highest BCUT2D eigenvalue weighted by atomic mass is 16.4. The van der Waals surface area contributed by atoms with E-state index in [1.807, 2.05) is 48.0 Å². The van der Waals surface area contributed by atoms with Crippen LogP contribution in [0.25, 0.3) is 11.1 Å². The summed E-state index contributed by atoms with van der Waals surface area (Å²) in [5.41, 5.74) is 2.84. The van der Waals surface area contributed by atoms with Gasteiger partial charge in [0, 0.05) is 12.8 Å². The molecular weight excluding hydrogens is 378 g/mol. The molecule has 1 heterocycles. The van der Waals surface area contributed by atoms with Crippen LogP contribution >= 0.6 is 0 Å². The average molecular weight is 405 g/mol. The zero-order valence-electron chi connectivity index (χ0n) is 17.6. The van der Waals surface area contributed by atoms with E-state index >= 15 is 0 Å². The highest BCUT2D eigenvalue weighted by Gasteiger charge is 2.19. The van der Waals surface area contributed by atoms with E-state index in [0.717, 1.165) is 29.8 Å². The molecule has 0 aliphatic rings. The molecule has 1 aromatic heterocycles. The zero-order chi connectivity index (χ0) is 21.7. The summed E-state index contributed by atoms with van der Waals surface area (Å²) in [4.78, 5) is 28.3. The van der Waals surface area contributed by atoms with E-state index in [1.165, 1.54) is 0 Å². The van der Waals surface area contributed by atoms with Crippen LogP contribution in [0, 0.1) is 0 Å². The third kappa shape index (κ3) is 4.64. The van der Waals surface area contributed by atoms with Gasteiger partial charge in [0.2, 0.25) is 11.6 Å². The normalized spacial score (nSPS) is 12.0. The van der Waals surface area contributed by atoms with Crippen molar-refractivity contribution < 1.29 is 14.7 Å². The molecule has 1 N–H and O–H groups in total. The van der Waals surface area contributed by atoms with Gasteiger partial charge < -0.3 is 5.11 Å². The van der Waals surface area contributed by atoms with Crippen molar-refractivity contribution in [2.75, 3.05) is 0 Å². The molecule has 0 saturated carbocycles. The van der Waals surface area contributed by atoms with Gasteiger partial charge in [-0.25, -0.2) is 14.5 Å². The Kier molecular flexibility index (Phi) is 6.77. The molecule has 3 aromatic rings. The van der Waals surface area contributed by atoms with E-state index in [2.05, 4.69) is 23.9 Å². The highest BCUT2D eigenvalue weighted by molar-refractivity contribution is 5.96. The number of carbonyl (C=O) groups is 2. The van der Waals surface area contributed by atoms with Crippen molar-refractivity contribution in [2.24, 2.45) is 0 Å². The third-order valence-corrected chi connectivity index (χ3v) is 5.22. The number of rotatable bonds is 9. The molecule has 30 heavy (non-hydrogen) atoms. The van der Waals surface area contributed by atoms with Gasteiger partial charge in [-0.15, -0.1) is 5.10 Å². The van der Waals surface area contributed by atoms with E-state index in [4.69, 9.17) is 0 Å². The molecule has 3 rings (SSSR count). The number of ketones is 1. The van der Waals surface area contributed by atoms with Crippen LogP contribution in [0.5, 0.6) is 0 Å². The minimum Gasteiger partial charge on any atom is -0.478 e. The van der Waals surface area contributed by atoms with Gasteiger partial charge in [0.15, 0.2) is 0 Å². The van der Waals surface area contributed by atoms with Gasteiger partial charge in [0.1, 0.15) is 5.82 Å². The Morgan fingerprint density at radius 3 is 2.40 bits per heavy atom. The van der Waals surface area contributed by atoms with E-state index in [9.17, 15) is 14.7 Å². The zero-order valence-corrected chi connectivity index (χ0v) is 17.6. The highest BCUT2D eigenvalue weighted by Crippen LogP contribution is 2.25. The van der Waals surface area contributed by atoms with Gasteiger partial charge in [-0.3, -0.25) is 4.79 Å². The Morgan fingerprint density at radius 2 is 1.77 bits per heavy atom. The number of carbonyl (C=O) groups excluding carboxylic acids is 1. The molecule has 2 aromatic carbocycles. The Labute approximate surface area is 176 Å². The molecule has 0 spiro atoms. The maximum atomic E-state index is 12.3. The fourth-order valence-electron chi connectivity index (χ4n) is 3.37. The minimum atomic E-state index is -0.944. The summed E-state index contributed by atoms with van der Waals surface area (Å²) in [5.74, 6) is 0.0867. The summed E-state index contributed by atoms with van der Waals surface area (Å²) in [6.45, 7) is 6.12. The maximum absolute atomic E-state index is 12.3. The molecule has 0 bridgehead atoms. The van der Waals surface area contributed by atoms with E-state index in [0.29, 0.717) is 24.2 Å². The quantitative estimate of drug-likeness (QED) is 0.495. The van der Waals surface area contributed by atoms with Crippen LogP contribution in [0.1, 0.15) is 78.4 Å². The van der Waals surface area contributed by atoms with Gasteiger partial charge >= 0.3 is 5.97 Å². The summed E-state index contributed by atoms with van der Waals surface area (Å²) in [6, 6.07) is 14.9. The standard InChI is InChI=1S/C24H27N3O3/c1-4-8-21(28)23-25-22(27(26-23)16(3)5-2)15-17-11-13-18(14-12-17)19-9-6-7-10-20(19)24(29)30/h6-7,9-14,16H,4-5,8,15H2,1-3H3,(H,29,30). The second-order valence-corrected chi connectivity index (χ2v) is 7.45. The maximum Gasteiger partial charge on any atom is 0.336 e. The van der Waals surface area contributed by atoms with Crippen molar-refractivity contribution in [2.45, 2.75) is 52.5 Å². The van der Waals surface area contributed by atoms with Crippen LogP contribution in [0.2, 0.25) is 0 Å². The van der Waals surface area contributed by atoms with Crippen LogP contribution in [-0.4, -0.2) is 31.6 Å².